The Kier molecular flexibility index (Phi) is 4.60. The number of fused-ring (bicyclic) bond motifs is 1. The molecule has 140 valence electrons. The van der Waals surface area contributed by atoms with Crippen LogP contribution in [0.4, 0.5) is 0 Å². The first-order valence-corrected chi connectivity index (χ1v) is 9.49. The molecule has 1 aromatic heterocycles. The van der Waals surface area contributed by atoms with Gasteiger partial charge in [-0.15, -0.1) is 0 Å². The number of carbonyl (C=O) groups is 1. The summed E-state index contributed by atoms with van der Waals surface area (Å²) in [6.07, 6.45) is 1.81. The summed E-state index contributed by atoms with van der Waals surface area (Å²) in [6.45, 7) is 7.60. The lowest BCUT2D eigenvalue weighted by molar-refractivity contribution is 0.0592. The van der Waals surface area contributed by atoms with Gasteiger partial charge in [0.05, 0.1) is 5.52 Å². The van der Waals surface area contributed by atoms with Crippen molar-refractivity contribution in [3.63, 3.8) is 0 Å². The first kappa shape index (κ1) is 17.6. The quantitative estimate of drug-likeness (QED) is 0.760. The summed E-state index contributed by atoms with van der Waals surface area (Å²) in [5.74, 6) is 0.910. The van der Waals surface area contributed by atoms with E-state index in [1.165, 1.54) is 11.1 Å². The molecular weight excluding hydrogens is 338 g/mol. The molecule has 0 spiro atoms. The molecule has 1 N–H and O–H groups in total. The summed E-state index contributed by atoms with van der Waals surface area (Å²) in [7, 11) is 0. The van der Waals surface area contributed by atoms with E-state index in [4.69, 9.17) is 4.74 Å². The molecule has 0 aliphatic carbocycles. The van der Waals surface area contributed by atoms with E-state index >= 15 is 0 Å². The maximum Gasteiger partial charge on any atom is 0.274 e. The van der Waals surface area contributed by atoms with Crippen molar-refractivity contribution in [2.45, 2.75) is 39.7 Å². The van der Waals surface area contributed by atoms with Gasteiger partial charge in [-0.25, -0.2) is 0 Å². The number of amides is 1. The third-order valence-electron chi connectivity index (χ3n) is 5.43. The molecular formula is C22H25N3O2. The summed E-state index contributed by atoms with van der Waals surface area (Å²) in [4.78, 5) is 14.8. The molecule has 1 aliphatic rings. The molecule has 1 saturated heterocycles. The Hall–Kier alpha value is -2.82. The first-order chi connectivity index (χ1) is 13.0. The van der Waals surface area contributed by atoms with Crippen LogP contribution in [0.15, 0.2) is 36.4 Å². The molecule has 2 aromatic carbocycles. The van der Waals surface area contributed by atoms with Gasteiger partial charge in [0.1, 0.15) is 11.9 Å². The van der Waals surface area contributed by atoms with E-state index in [1.807, 2.05) is 36.1 Å². The standard InChI is InChI=1S/C22H25N3O2/c1-14-4-7-20-19(12-14)21(24-23-20)22(26)25-10-8-17(9-11-25)27-18-6-5-15(2)16(3)13-18/h4-7,12-13,17H,8-11H2,1-3H3,(H,23,24). The number of hydrogen-bond acceptors (Lipinski definition) is 3. The molecule has 1 amide bonds. The minimum absolute atomic E-state index is 0.00326. The van der Waals surface area contributed by atoms with Crippen molar-refractivity contribution in [1.82, 2.24) is 15.1 Å². The van der Waals surface area contributed by atoms with Gasteiger partial charge in [-0.3, -0.25) is 9.89 Å². The molecule has 0 unspecified atom stereocenters. The topological polar surface area (TPSA) is 58.2 Å². The molecule has 0 bridgehead atoms. The fourth-order valence-electron chi connectivity index (χ4n) is 3.60. The minimum atomic E-state index is -0.00326. The van der Waals surface area contributed by atoms with Gasteiger partial charge in [0.15, 0.2) is 5.69 Å². The van der Waals surface area contributed by atoms with Crippen LogP contribution in [0.3, 0.4) is 0 Å². The van der Waals surface area contributed by atoms with Crippen LogP contribution in [0.5, 0.6) is 5.75 Å². The van der Waals surface area contributed by atoms with Gasteiger partial charge in [0, 0.05) is 31.3 Å². The number of likely N-dealkylation sites (tertiary alicyclic amines) is 1. The highest BCUT2D eigenvalue weighted by molar-refractivity contribution is 6.04. The van der Waals surface area contributed by atoms with Gasteiger partial charge >= 0.3 is 0 Å². The predicted molar refractivity (Wildman–Crippen MR) is 106 cm³/mol. The number of piperidine rings is 1. The molecule has 1 fully saturated rings. The number of hydrogen-bond donors (Lipinski definition) is 1. The van der Waals surface area contributed by atoms with Crippen LogP contribution in [-0.2, 0) is 0 Å². The van der Waals surface area contributed by atoms with Crippen molar-refractivity contribution in [2.24, 2.45) is 0 Å². The van der Waals surface area contributed by atoms with Crippen molar-refractivity contribution in [3.8, 4) is 5.75 Å². The van der Waals surface area contributed by atoms with Crippen LogP contribution in [-0.4, -0.2) is 40.2 Å². The lowest BCUT2D eigenvalue weighted by Gasteiger charge is -2.32. The molecule has 1 aliphatic heterocycles. The third-order valence-corrected chi connectivity index (χ3v) is 5.43. The van der Waals surface area contributed by atoms with E-state index in [0.29, 0.717) is 18.8 Å². The number of aryl methyl sites for hydroxylation is 3. The van der Waals surface area contributed by atoms with Gasteiger partial charge < -0.3 is 9.64 Å². The number of aromatic amines is 1. The van der Waals surface area contributed by atoms with Crippen molar-refractivity contribution in [1.29, 1.82) is 0 Å². The van der Waals surface area contributed by atoms with E-state index < -0.39 is 0 Å². The highest BCUT2D eigenvalue weighted by Gasteiger charge is 2.27. The number of carbonyl (C=O) groups excluding carboxylic acids is 1. The molecule has 5 heteroatoms. The second-order valence-electron chi connectivity index (χ2n) is 7.48. The Morgan fingerprint density at radius 2 is 1.85 bits per heavy atom. The van der Waals surface area contributed by atoms with E-state index in [1.54, 1.807) is 0 Å². The van der Waals surface area contributed by atoms with Crippen LogP contribution >= 0.6 is 0 Å². The Bertz CT molecular complexity index is 984. The fourth-order valence-corrected chi connectivity index (χ4v) is 3.60. The maximum absolute atomic E-state index is 12.9. The summed E-state index contributed by atoms with van der Waals surface area (Å²) < 4.78 is 6.14. The van der Waals surface area contributed by atoms with Gasteiger partial charge in [-0.05, 0) is 56.2 Å². The summed E-state index contributed by atoms with van der Waals surface area (Å²) in [5, 5.41) is 8.13. The highest BCUT2D eigenvalue weighted by Crippen LogP contribution is 2.24. The average molecular weight is 363 g/mol. The van der Waals surface area contributed by atoms with Crippen molar-refractivity contribution < 1.29 is 9.53 Å². The largest absolute Gasteiger partial charge is 0.490 e. The van der Waals surface area contributed by atoms with Crippen LogP contribution < -0.4 is 4.74 Å². The Morgan fingerprint density at radius 1 is 1.07 bits per heavy atom. The number of nitrogens with one attached hydrogen (secondary N) is 1. The number of H-pyrrole nitrogens is 1. The Morgan fingerprint density at radius 3 is 2.59 bits per heavy atom. The number of benzene rings is 2. The van der Waals surface area contributed by atoms with E-state index in [-0.39, 0.29) is 12.0 Å². The van der Waals surface area contributed by atoms with Crippen molar-refractivity contribution in [3.05, 3.63) is 58.8 Å². The number of ether oxygens (including phenoxy) is 1. The SMILES string of the molecule is Cc1ccc2[nH]nc(C(=O)N3CCC(Oc4ccc(C)c(C)c4)CC3)c2c1. The summed E-state index contributed by atoms with van der Waals surface area (Å²) in [6, 6.07) is 12.2. The molecule has 27 heavy (non-hydrogen) atoms. The van der Waals surface area contributed by atoms with Crippen molar-refractivity contribution >= 4 is 16.8 Å². The number of aromatic nitrogens is 2. The zero-order valence-corrected chi connectivity index (χ0v) is 16.1. The first-order valence-electron chi connectivity index (χ1n) is 9.49. The average Bonchev–Trinajstić information content (AvgIpc) is 3.08. The molecule has 4 rings (SSSR count). The molecule has 2 heterocycles. The van der Waals surface area contributed by atoms with E-state index in [9.17, 15) is 4.79 Å². The van der Waals surface area contributed by atoms with E-state index in [2.05, 4.69) is 36.2 Å². The van der Waals surface area contributed by atoms with Gasteiger partial charge in [-0.1, -0.05) is 17.7 Å². The lowest BCUT2D eigenvalue weighted by atomic mass is 10.1. The molecule has 0 radical (unpaired) electrons. The fraction of sp³-hybridized carbons (Fsp3) is 0.364. The van der Waals surface area contributed by atoms with Crippen LogP contribution in [0.1, 0.15) is 40.0 Å². The zero-order valence-electron chi connectivity index (χ0n) is 16.1. The zero-order chi connectivity index (χ0) is 19.0. The monoisotopic (exact) mass is 363 g/mol. The Labute approximate surface area is 159 Å². The maximum atomic E-state index is 12.9. The normalized spacial score (nSPS) is 15.3. The predicted octanol–water partition coefficient (Wildman–Crippen LogP) is 4.17. The highest BCUT2D eigenvalue weighted by atomic mass is 16.5. The second-order valence-corrected chi connectivity index (χ2v) is 7.48. The summed E-state index contributed by atoms with van der Waals surface area (Å²) >= 11 is 0. The third kappa shape index (κ3) is 3.54. The van der Waals surface area contributed by atoms with E-state index in [0.717, 1.165) is 35.1 Å². The second kappa shape index (κ2) is 7.06. The van der Waals surface area contributed by atoms with Crippen LogP contribution in [0.2, 0.25) is 0 Å². The Balaban J connectivity index is 1.41. The smallest absolute Gasteiger partial charge is 0.274 e. The molecule has 0 saturated carbocycles. The van der Waals surface area contributed by atoms with Gasteiger partial charge in [0.2, 0.25) is 0 Å². The van der Waals surface area contributed by atoms with Gasteiger partial charge in [-0.2, -0.15) is 5.10 Å². The van der Waals surface area contributed by atoms with Crippen molar-refractivity contribution in [2.75, 3.05) is 13.1 Å². The molecule has 5 nitrogen and oxygen atoms in total. The minimum Gasteiger partial charge on any atom is -0.490 e. The van der Waals surface area contributed by atoms with Crippen LogP contribution in [0.25, 0.3) is 10.9 Å². The lowest BCUT2D eigenvalue weighted by Crippen LogP contribution is -2.42. The number of nitrogens with zero attached hydrogens (tertiary/aromatic N) is 2. The summed E-state index contributed by atoms with van der Waals surface area (Å²) in [5.41, 5.74) is 5.04. The van der Waals surface area contributed by atoms with Gasteiger partial charge in [0.25, 0.3) is 5.91 Å². The molecule has 0 atom stereocenters. The molecule has 3 aromatic rings. The van der Waals surface area contributed by atoms with Crippen LogP contribution in [0, 0.1) is 20.8 Å². The number of rotatable bonds is 3.